The molecule has 0 aliphatic heterocycles. The van der Waals surface area contributed by atoms with Gasteiger partial charge in [0.25, 0.3) is 0 Å². The SMILES string of the molecule is C=CC(=O)OCCCCCCCC(=O)Oc1ccc(-c2ccc(N=C)cc2)cc1. The Morgan fingerprint density at radius 3 is 2.07 bits per heavy atom. The standard InChI is InChI=1S/C24H27NO4/c1-3-23(26)28-18-8-6-4-5-7-9-24(27)29-22-16-12-20(13-17-22)19-10-14-21(25-2)15-11-19/h3,10-17H,1-2,4-9,18H2. The van der Waals surface area contributed by atoms with Crippen molar-refractivity contribution < 1.29 is 19.1 Å². The maximum Gasteiger partial charge on any atom is 0.330 e. The van der Waals surface area contributed by atoms with E-state index in [1.54, 1.807) is 12.1 Å². The van der Waals surface area contributed by atoms with Crippen LogP contribution in [-0.4, -0.2) is 25.3 Å². The smallest absolute Gasteiger partial charge is 0.330 e. The molecule has 0 radical (unpaired) electrons. The number of unbranched alkanes of at least 4 members (excludes halogenated alkanes) is 4. The lowest BCUT2D eigenvalue weighted by Crippen LogP contribution is -2.07. The van der Waals surface area contributed by atoms with Crippen LogP contribution in [0.5, 0.6) is 5.75 Å². The van der Waals surface area contributed by atoms with Crippen molar-refractivity contribution in [3.05, 3.63) is 61.2 Å². The number of hydrogen-bond donors (Lipinski definition) is 0. The molecule has 0 aliphatic carbocycles. The maximum atomic E-state index is 12.0. The van der Waals surface area contributed by atoms with Crippen molar-refractivity contribution in [1.82, 2.24) is 0 Å². The molecule has 0 saturated carbocycles. The van der Waals surface area contributed by atoms with E-state index in [0.717, 1.165) is 55.0 Å². The van der Waals surface area contributed by atoms with Crippen molar-refractivity contribution in [2.24, 2.45) is 4.99 Å². The molecule has 0 aromatic heterocycles. The number of ether oxygens (including phenoxy) is 2. The van der Waals surface area contributed by atoms with Gasteiger partial charge in [-0.15, -0.1) is 0 Å². The quantitative estimate of drug-likeness (QED) is 0.153. The Labute approximate surface area is 172 Å². The minimum Gasteiger partial charge on any atom is -0.463 e. The zero-order chi connectivity index (χ0) is 20.9. The van der Waals surface area contributed by atoms with Crippen LogP contribution in [0.1, 0.15) is 38.5 Å². The first-order valence-corrected chi connectivity index (χ1v) is 9.79. The normalized spacial score (nSPS) is 10.2. The van der Waals surface area contributed by atoms with Gasteiger partial charge in [-0.05, 0) is 55.0 Å². The van der Waals surface area contributed by atoms with Gasteiger partial charge in [0.2, 0.25) is 0 Å². The van der Waals surface area contributed by atoms with E-state index < -0.39 is 0 Å². The van der Waals surface area contributed by atoms with Gasteiger partial charge in [-0.3, -0.25) is 9.79 Å². The summed E-state index contributed by atoms with van der Waals surface area (Å²) in [6, 6.07) is 15.2. The van der Waals surface area contributed by atoms with Gasteiger partial charge in [0.15, 0.2) is 0 Å². The first-order valence-electron chi connectivity index (χ1n) is 9.79. The monoisotopic (exact) mass is 393 g/mol. The van der Waals surface area contributed by atoms with Crippen molar-refractivity contribution in [3.8, 4) is 16.9 Å². The number of esters is 2. The second kappa shape index (κ2) is 12.3. The summed E-state index contributed by atoms with van der Waals surface area (Å²) in [5.41, 5.74) is 2.93. The summed E-state index contributed by atoms with van der Waals surface area (Å²) in [5.74, 6) is -0.0603. The van der Waals surface area contributed by atoms with E-state index in [9.17, 15) is 9.59 Å². The van der Waals surface area contributed by atoms with Crippen LogP contribution in [0.15, 0.2) is 66.2 Å². The second-order valence-electron chi connectivity index (χ2n) is 6.59. The summed E-state index contributed by atoms with van der Waals surface area (Å²) >= 11 is 0. The van der Waals surface area contributed by atoms with Gasteiger partial charge in [-0.25, -0.2) is 4.79 Å². The summed E-state index contributed by atoms with van der Waals surface area (Å²) in [6.07, 6.45) is 6.06. The van der Waals surface area contributed by atoms with Crippen molar-refractivity contribution in [3.63, 3.8) is 0 Å². The Kier molecular flexibility index (Phi) is 9.36. The molecule has 0 spiro atoms. The van der Waals surface area contributed by atoms with Crippen LogP contribution in [0.4, 0.5) is 5.69 Å². The largest absolute Gasteiger partial charge is 0.463 e. The van der Waals surface area contributed by atoms with Gasteiger partial charge in [0.05, 0.1) is 12.3 Å². The van der Waals surface area contributed by atoms with Crippen molar-refractivity contribution in [1.29, 1.82) is 0 Å². The second-order valence-corrected chi connectivity index (χ2v) is 6.59. The fourth-order valence-electron chi connectivity index (χ4n) is 2.79. The van der Waals surface area contributed by atoms with E-state index in [1.165, 1.54) is 0 Å². The van der Waals surface area contributed by atoms with Crippen LogP contribution < -0.4 is 4.74 Å². The fourth-order valence-corrected chi connectivity index (χ4v) is 2.79. The van der Waals surface area contributed by atoms with Gasteiger partial charge < -0.3 is 9.47 Å². The molecule has 0 aliphatic rings. The number of aliphatic imine (C=N–C) groups is 1. The molecule has 5 nitrogen and oxygen atoms in total. The van der Waals surface area contributed by atoms with Gasteiger partial charge in [0, 0.05) is 12.5 Å². The molecule has 0 bridgehead atoms. The Morgan fingerprint density at radius 1 is 0.862 bits per heavy atom. The lowest BCUT2D eigenvalue weighted by atomic mass is 10.1. The Bertz CT molecular complexity index is 810. The molecule has 0 fully saturated rings. The predicted molar refractivity (Wildman–Crippen MR) is 116 cm³/mol. The highest BCUT2D eigenvalue weighted by molar-refractivity contribution is 5.81. The van der Waals surface area contributed by atoms with Crippen molar-refractivity contribution in [2.75, 3.05) is 6.61 Å². The molecule has 2 rings (SSSR count). The number of rotatable bonds is 12. The third-order valence-electron chi connectivity index (χ3n) is 4.41. The van der Waals surface area contributed by atoms with E-state index in [4.69, 9.17) is 9.47 Å². The summed E-state index contributed by atoms with van der Waals surface area (Å²) in [4.78, 5) is 26.7. The lowest BCUT2D eigenvalue weighted by Gasteiger charge is -2.07. The lowest BCUT2D eigenvalue weighted by molar-refractivity contribution is -0.138. The molecule has 0 unspecified atom stereocenters. The van der Waals surface area contributed by atoms with Crippen molar-refractivity contribution >= 4 is 24.3 Å². The maximum absolute atomic E-state index is 12.0. The molecular formula is C24H27NO4. The highest BCUT2D eigenvalue weighted by Gasteiger charge is 2.06. The molecule has 152 valence electrons. The minimum absolute atomic E-state index is 0.223. The highest BCUT2D eigenvalue weighted by Crippen LogP contribution is 2.24. The molecule has 5 heteroatoms. The number of carbonyl (C=O) groups excluding carboxylic acids is 2. The van der Waals surface area contributed by atoms with E-state index in [-0.39, 0.29) is 11.9 Å². The molecule has 0 N–H and O–H groups in total. The molecule has 0 atom stereocenters. The van der Waals surface area contributed by atoms with E-state index >= 15 is 0 Å². The van der Waals surface area contributed by atoms with Crippen LogP contribution in [0, 0.1) is 0 Å². The first kappa shape index (κ1) is 22.1. The molecular weight excluding hydrogens is 366 g/mol. The Balaban J connectivity index is 1.64. The zero-order valence-corrected chi connectivity index (χ0v) is 16.6. The fraction of sp³-hybridized carbons (Fsp3) is 0.292. The summed E-state index contributed by atoms with van der Waals surface area (Å²) in [7, 11) is 0. The number of benzene rings is 2. The van der Waals surface area contributed by atoms with Crippen LogP contribution in [0.25, 0.3) is 11.1 Å². The zero-order valence-electron chi connectivity index (χ0n) is 16.6. The predicted octanol–water partition coefficient (Wildman–Crippen LogP) is 5.66. The Hall–Kier alpha value is -3.21. The van der Waals surface area contributed by atoms with Gasteiger partial charge in [0.1, 0.15) is 5.75 Å². The molecule has 0 amide bonds. The molecule has 29 heavy (non-hydrogen) atoms. The molecule has 2 aromatic rings. The van der Waals surface area contributed by atoms with E-state index in [1.807, 2.05) is 36.4 Å². The average Bonchev–Trinajstić information content (AvgIpc) is 2.76. The van der Waals surface area contributed by atoms with Crippen LogP contribution in [-0.2, 0) is 14.3 Å². The van der Waals surface area contributed by atoms with Crippen LogP contribution in [0.2, 0.25) is 0 Å². The summed E-state index contributed by atoms with van der Waals surface area (Å²) in [5, 5.41) is 0. The first-order chi connectivity index (χ1) is 14.1. The van der Waals surface area contributed by atoms with E-state index in [2.05, 4.69) is 18.3 Å². The molecule has 0 heterocycles. The van der Waals surface area contributed by atoms with Gasteiger partial charge in [-0.1, -0.05) is 50.1 Å². The van der Waals surface area contributed by atoms with Crippen LogP contribution in [0.3, 0.4) is 0 Å². The summed E-state index contributed by atoms with van der Waals surface area (Å²) < 4.78 is 10.3. The third-order valence-corrected chi connectivity index (χ3v) is 4.41. The topological polar surface area (TPSA) is 65.0 Å². The molecule has 0 saturated heterocycles. The highest BCUT2D eigenvalue weighted by atomic mass is 16.5. The van der Waals surface area contributed by atoms with Gasteiger partial charge >= 0.3 is 11.9 Å². The van der Waals surface area contributed by atoms with Gasteiger partial charge in [-0.2, -0.15) is 0 Å². The van der Waals surface area contributed by atoms with Crippen molar-refractivity contribution in [2.45, 2.75) is 38.5 Å². The minimum atomic E-state index is -0.385. The van der Waals surface area contributed by atoms with E-state index in [0.29, 0.717) is 18.8 Å². The number of hydrogen-bond acceptors (Lipinski definition) is 5. The average molecular weight is 393 g/mol. The molecule has 2 aromatic carbocycles. The van der Waals surface area contributed by atoms with Crippen LogP contribution >= 0.6 is 0 Å². The number of nitrogens with zero attached hydrogens (tertiary/aromatic N) is 1. The number of carbonyl (C=O) groups is 2. The summed E-state index contributed by atoms with van der Waals surface area (Å²) in [6.45, 7) is 7.27. The third kappa shape index (κ3) is 8.13. The Morgan fingerprint density at radius 2 is 1.45 bits per heavy atom.